The van der Waals surface area contributed by atoms with Crippen molar-refractivity contribution in [2.45, 2.75) is 32.6 Å². The van der Waals surface area contributed by atoms with Gasteiger partial charge < -0.3 is 10.5 Å². The van der Waals surface area contributed by atoms with Crippen molar-refractivity contribution < 1.29 is 22.7 Å². The molecule has 0 amide bonds. The molecule has 1 heterocycles. The lowest BCUT2D eigenvalue weighted by Gasteiger charge is -2.08. The summed E-state index contributed by atoms with van der Waals surface area (Å²) in [4.78, 5) is 11.4. The summed E-state index contributed by atoms with van der Waals surface area (Å²) in [5.41, 5.74) is 5.38. The number of hydrogen-bond donors (Lipinski definition) is 1. The molecule has 0 saturated carbocycles. The van der Waals surface area contributed by atoms with Gasteiger partial charge in [0.25, 0.3) is 0 Å². The minimum atomic E-state index is -4.30. The molecule has 102 valence electrons. The van der Waals surface area contributed by atoms with E-state index >= 15 is 0 Å². The lowest BCUT2D eigenvalue weighted by atomic mass is 10.3. The van der Waals surface area contributed by atoms with Gasteiger partial charge in [0.1, 0.15) is 0 Å². The standard InChI is InChI=1S/C9H13F3N4O2/c1-2-18-8(17)7-6(5-13)16(15-14-7)4-3-9(10,11)12/h2-5,13H2,1H3. The first kappa shape index (κ1) is 14.4. The van der Waals surface area contributed by atoms with Crippen molar-refractivity contribution in [1.29, 1.82) is 0 Å². The van der Waals surface area contributed by atoms with Crippen LogP contribution in [-0.2, 0) is 17.8 Å². The first-order valence-electron chi connectivity index (χ1n) is 5.25. The SMILES string of the molecule is CCOC(=O)c1nnn(CCC(F)(F)F)c1CN. The Bertz CT molecular complexity index is 416. The van der Waals surface area contributed by atoms with Crippen molar-refractivity contribution in [1.82, 2.24) is 15.0 Å². The highest BCUT2D eigenvalue weighted by Gasteiger charge is 2.28. The smallest absolute Gasteiger partial charge is 0.390 e. The number of nitrogens with zero attached hydrogens (tertiary/aromatic N) is 3. The summed E-state index contributed by atoms with van der Waals surface area (Å²) in [7, 11) is 0. The highest BCUT2D eigenvalue weighted by molar-refractivity contribution is 5.88. The number of carbonyl (C=O) groups is 1. The molecule has 1 aromatic heterocycles. The number of aromatic nitrogens is 3. The Kier molecular flexibility index (Phi) is 4.65. The molecule has 0 bridgehead atoms. The summed E-state index contributed by atoms with van der Waals surface area (Å²) in [6, 6.07) is 0. The average Bonchev–Trinajstić information content (AvgIpc) is 2.68. The van der Waals surface area contributed by atoms with E-state index in [9.17, 15) is 18.0 Å². The summed E-state index contributed by atoms with van der Waals surface area (Å²) >= 11 is 0. The van der Waals surface area contributed by atoms with E-state index < -0.39 is 25.1 Å². The van der Waals surface area contributed by atoms with Gasteiger partial charge in [-0.15, -0.1) is 5.10 Å². The molecule has 0 atom stereocenters. The molecular weight excluding hydrogens is 253 g/mol. The van der Waals surface area contributed by atoms with Gasteiger partial charge in [-0.2, -0.15) is 13.2 Å². The number of aryl methyl sites for hydroxylation is 1. The number of halogens is 3. The zero-order chi connectivity index (χ0) is 13.8. The molecule has 2 N–H and O–H groups in total. The number of hydrogen-bond acceptors (Lipinski definition) is 5. The van der Waals surface area contributed by atoms with Crippen molar-refractivity contribution in [3.8, 4) is 0 Å². The molecule has 0 aliphatic rings. The summed E-state index contributed by atoms with van der Waals surface area (Å²) < 4.78 is 41.9. The van der Waals surface area contributed by atoms with Crippen LogP contribution in [0.25, 0.3) is 0 Å². The van der Waals surface area contributed by atoms with E-state index in [4.69, 9.17) is 10.5 Å². The van der Waals surface area contributed by atoms with Crippen molar-refractivity contribution in [2.75, 3.05) is 6.61 Å². The van der Waals surface area contributed by atoms with Gasteiger partial charge in [-0.05, 0) is 6.92 Å². The number of ether oxygens (including phenoxy) is 1. The largest absolute Gasteiger partial charge is 0.461 e. The molecule has 1 rings (SSSR count). The van der Waals surface area contributed by atoms with E-state index in [1.165, 1.54) is 0 Å². The first-order valence-corrected chi connectivity index (χ1v) is 5.25. The predicted molar refractivity (Wildman–Crippen MR) is 54.5 cm³/mol. The fourth-order valence-corrected chi connectivity index (χ4v) is 1.31. The zero-order valence-electron chi connectivity index (χ0n) is 9.70. The molecule has 6 nitrogen and oxygen atoms in total. The van der Waals surface area contributed by atoms with Gasteiger partial charge in [0, 0.05) is 6.54 Å². The van der Waals surface area contributed by atoms with Crippen LogP contribution in [-0.4, -0.2) is 33.7 Å². The second-order valence-corrected chi connectivity index (χ2v) is 3.40. The number of esters is 1. The van der Waals surface area contributed by atoms with Crippen LogP contribution in [0.2, 0.25) is 0 Å². The van der Waals surface area contributed by atoms with Crippen molar-refractivity contribution >= 4 is 5.97 Å². The molecule has 0 aromatic carbocycles. The maximum Gasteiger partial charge on any atom is 0.390 e. The highest BCUT2D eigenvalue weighted by atomic mass is 19.4. The van der Waals surface area contributed by atoms with Crippen LogP contribution in [0, 0.1) is 0 Å². The van der Waals surface area contributed by atoms with Crippen LogP contribution in [0.1, 0.15) is 29.5 Å². The third-order valence-corrected chi connectivity index (χ3v) is 2.11. The second-order valence-electron chi connectivity index (χ2n) is 3.40. The normalized spacial score (nSPS) is 11.6. The van der Waals surface area contributed by atoms with Gasteiger partial charge >= 0.3 is 12.1 Å². The number of carbonyl (C=O) groups excluding carboxylic acids is 1. The van der Waals surface area contributed by atoms with Crippen molar-refractivity contribution in [3.05, 3.63) is 11.4 Å². The third-order valence-electron chi connectivity index (χ3n) is 2.11. The minimum Gasteiger partial charge on any atom is -0.461 e. The van der Waals surface area contributed by atoms with Gasteiger partial charge in [0.05, 0.1) is 25.3 Å². The molecule has 0 fully saturated rings. The summed E-state index contributed by atoms with van der Waals surface area (Å²) in [6.07, 6.45) is -5.37. The average molecular weight is 266 g/mol. The van der Waals surface area contributed by atoms with E-state index in [1.807, 2.05) is 0 Å². The number of alkyl halides is 3. The number of nitrogens with two attached hydrogens (primary N) is 1. The van der Waals surface area contributed by atoms with E-state index in [2.05, 4.69) is 10.3 Å². The highest BCUT2D eigenvalue weighted by Crippen LogP contribution is 2.20. The Hall–Kier alpha value is -1.64. The van der Waals surface area contributed by atoms with Crippen LogP contribution < -0.4 is 5.73 Å². The van der Waals surface area contributed by atoms with E-state index in [1.54, 1.807) is 6.92 Å². The Morgan fingerprint density at radius 1 is 1.50 bits per heavy atom. The fraction of sp³-hybridized carbons (Fsp3) is 0.667. The minimum absolute atomic E-state index is 0.137. The molecule has 0 unspecified atom stereocenters. The maximum atomic E-state index is 12.1. The predicted octanol–water partition coefficient (Wildman–Crippen LogP) is 0.866. The first-order chi connectivity index (χ1) is 8.39. The van der Waals surface area contributed by atoms with E-state index in [0.717, 1.165) is 4.68 Å². The Labute approximate surface area is 101 Å². The molecule has 0 radical (unpaired) electrons. The van der Waals surface area contributed by atoms with Gasteiger partial charge in [-0.25, -0.2) is 9.48 Å². The van der Waals surface area contributed by atoms with Crippen LogP contribution in [0.5, 0.6) is 0 Å². The summed E-state index contributed by atoms with van der Waals surface area (Å²) in [5, 5.41) is 6.98. The Morgan fingerprint density at radius 2 is 2.17 bits per heavy atom. The molecule has 0 spiro atoms. The molecule has 1 aromatic rings. The van der Waals surface area contributed by atoms with Crippen LogP contribution in [0.15, 0.2) is 0 Å². The summed E-state index contributed by atoms with van der Waals surface area (Å²) in [5.74, 6) is -0.740. The Balaban J connectivity index is 2.85. The van der Waals surface area contributed by atoms with Crippen LogP contribution >= 0.6 is 0 Å². The third kappa shape index (κ3) is 3.69. The quantitative estimate of drug-likeness (QED) is 0.799. The van der Waals surface area contributed by atoms with Gasteiger partial charge in [0.2, 0.25) is 0 Å². The van der Waals surface area contributed by atoms with Gasteiger partial charge in [-0.3, -0.25) is 0 Å². The number of rotatable bonds is 5. The van der Waals surface area contributed by atoms with Crippen LogP contribution in [0.4, 0.5) is 13.2 Å². The Morgan fingerprint density at radius 3 is 2.67 bits per heavy atom. The van der Waals surface area contributed by atoms with E-state index in [0.29, 0.717) is 0 Å². The second kappa shape index (κ2) is 5.80. The van der Waals surface area contributed by atoms with Crippen molar-refractivity contribution in [3.63, 3.8) is 0 Å². The van der Waals surface area contributed by atoms with Crippen molar-refractivity contribution in [2.24, 2.45) is 5.73 Å². The lowest BCUT2D eigenvalue weighted by Crippen LogP contribution is -2.17. The molecule has 0 saturated heterocycles. The molecule has 9 heteroatoms. The lowest BCUT2D eigenvalue weighted by molar-refractivity contribution is -0.137. The monoisotopic (exact) mass is 266 g/mol. The maximum absolute atomic E-state index is 12.1. The zero-order valence-corrected chi connectivity index (χ0v) is 9.70. The van der Waals surface area contributed by atoms with Crippen LogP contribution in [0.3, 0.4) is 0 Å². The molecule has 0 aliphatic heterocycles. The topological polar surface area (TPSA) is 83.0 Å². The van der Waals surface area contributed by atoms with E-state index in [-0.39, 0.29) is 24.5 Å². The fourth-order valence-electron chi connectivity index (χ4n) is 1.31. The molecule has 18 heavy (non-hydrogen) atoms. The molecular formula is C9H13F3N4O2. The summed E-state index contributed by atoms with van der Waals surface area (Å²) in [6.45, 7) is 1.17. The van der Waals surface area contributed by atoms with Gasteiger partial charge in [0.15, 0.2) is 5.69 Å². The van der Waals surface area contributed by atoms with Gasteiger partial charge in [-0.1, -0.05) is 5.21 Å². The molecule has 0 aliphatic carbocycles.